The first-order chi connectivity index (χ1) is 12.2. The van der Waals surface area contributed by atoms with Crippen molar-refractivity contribution in [1.29, 1.82) is 0 Å². The number of hydrogen-bond acceptors (Lipinski definition) is 5. The molecule has 0 unspecified atom stereocenters. The van der Waals surface area contributed by atoms with Crippen LogP contribution < -0.4 is 15.4 Å². The van der Waals surface area contributed by atoms with Crippen LogP contribution in [0.3, 0.4) is 0 Å². The maximum Gasteiger partial charge on any atom is 0.323 e. The Labute approximate surface area is 145 Å². The average Bonchev–Trinajstić information content (AvgIpc) is 2.63. The summed E-state index contributed by atoms with van der Waals surface area (Å²) in [6.07, 6.45) is 3.15. The molecule has 1 aromatic carbocycles. The second-order valence-corrected chi connectivity index (χ2v) is 5.22. The zero-order valence-corrected chi connectivity index (χ0v) is 13.7. The van der Waals surface area contributed by atoms with E-state index in [9.17, 15) is 4.79 Å². The van der Waals surface area contributed by atoms with Gasteiger partial charge in [0.25, 0.3) is 0 Å². The lowest BCUT2D eigenvalue weighted by Gasteiger charge is -2.09. The van der Waals surface area contributed by atoms with E-state index in [2.05, 4.69) is 20.6 Å². The van der Waals surface area contributed by atoms with Gasteiger partial charge in [0, 0.05) is 18.6 Å². The summed E-state index contributed by atoms with van der Waals surface area (Å²) in [5.74, 6) is 0.474. The number of pyridine rings is 2. The van der Waals surface area contributed by atoms with Crippen LogP contribution in [0.4, 0.5) is 16.2 Å². The number of urea groups is 1. The van der Waals surface area contributed by atoms with Crippen molar-refractivity contribution in [3.8, 4) is 5.88 Å². The van der Waals surface area contributed by atoms with Crippen LogP contribution in [0.25, 0.3) is 10.9 Å². The second kappa shape index (κ2) is 8.07. The van der Waals surface area contributed by atoms with E-state index < -0.39 is 0 Å². The standard InChI is InChI=1S/C18H18N4O3/c1-24-8-9-25-17-7-6-14(11-20-17)21-18(23)22-15-10-13-4-2-3-5-16(13)19-12-15/h2-7,10-12H,8-9H2,1H3,(H2,21,22,23). The number of nitrogens with zero attached hydrogens (tertiary/aromatic N) is 2. The molecule has 0 saturated carbocycles. The number of anilines is 2. The van der Waals surface area contributed by atoms with Crippen molar-refractivity contribution in [3.05, 3.63) is 54.9 Å². The van der Waals surface area contributed by atoms with Crippen LogP contribution >= 0.6 is 0 Å². The number of hydrogen-bond donors (Lipinski definition) is 2. The van der Waals surface area contributed by atoms with Crippen molar-refractivity contribution in [1.82, 2.24) is 9.97 Å². The predicted molar refractivity (Wildman–Crippen MR) is 96.0 cm³/mol. The number of benzene rings is 1. The molecule has 0 aliphatic carbocycles. The molecule has 0 radical (unpaired) electrons. The maximum absolute atomic E-state index is 12.1. The molecule has 25 heavy (non-hydrogen) atoms. The van der Waals surface area contributed by atoms with Gasteiger partial charge in [-0.15, -0.1) is 0 Å². The molecule has 3 rings (SSSR count). The summed E-state index contributed by atoms with van der Waals surface area (Å²) in [4.78, 5) is 20.5. The molecule has 7 nitrogen and oxygen atoms in total. The minimum Gasteiger partial charge on any atom is -0.475 e. The summed E-state index contributed by atoms with van der Waals surface area (Å²) in [7, 11) is 1.60. The normalized spacial score (nSPS) is 10.4. The van der Waals surface area contributed by atoms with Crippen LogP contribution in [0.15, 0.2) is 54.9 Å². The molecule has 2 amide bonds. The number of carbonyl (C=O) groups excluding carboxylic acids is 1. The first kappa shape index (κ1) is 16.7. The number of aromatic nitrogens is 2. The lowest BCUT2D eigenvalue weighted by atomic mass is 10.2. The maximum atomic E-state index is 12.1. The van der Waals surface area contributed by atoms with Gasteiger partial charge >= 0.3 is 6.03 Å². The topological polar surface area (TPSA) is 85.4 Å². The van der Waals surface area contributed by atoms with Gasteiger partial charge in [0.2, 0.25) is 5.88 Å². The Hall–Kier alpha value is -3.19. The zero-order valence-electron chi connectivity index (χ0n) is 13.7. The van der Waals surface area contributed by atoms with Crippen molar-refractivity contribution in [3.63, 3.8) is 0 Å². The molecule has 3 aromatic rings. The number of fused-ring (bicyclic) bond motifs is 1. The first-order valence-electron chi connectivity index (χ1n) is 7.75. The predicted octanol–water partition coefficient (Wildman–Crippen LogP) is 3.30. The molecule has 2 aromatic heterocycles. The first-order valence-corrected chi connectivity index (χ1v) is 7.75. The van der Waals surface area contributed by atoms with Gasteiger partial charge in [0.1, 0.15) is 6.61 Å². The minimum absolute atomic E-state index is 0.369. The summed E-state index contributed by atoms with van der Waals surface area (Å²) in [6.45, 7) is 0.912. The van der Waals surface area contributed by atoms with Gasteiger partial charge in [-0.25, -0.2) is 9.78 Å². The Balaban J connectivity index is 1.57. The summed E-state index contributed by atoms with van der Waals surface area (Å²) in [5.41, 5.74) is 2.05. The SMILES string of the molecule is COCCOc1ccc(NC(=O)Nc2cnc3ccccc3c2)cn1. The average molecular weight is 338 g/mol. The molecule has 0 aliphatic rings. The third kappa shape index (κ3) is 4.65. The van der Waals surface area contributed by atoms with Gasteiger partial charge in [-0.3, -0.25) is 4.98 Å². The van der Waals surface area contributed by atoms with E-state index in [1.54, 1.807) is 25.4 Å². The Morgan fingerprint density at radius 3 is 2.60 bits per heavy atom. The van der Waals surface area contributed by atoms with E-state index in [1.807, 2.05) is 30.3 Å². The Bertz CT molecular complexity index is 852. The highest BCUT2D eigenvalue weighted by atomic mass is 16.5. The van der Waals surface area contributed by atoms with E-state index in [1.165, 1.54) is 6.20 Å². The fourth-order valence-corrected chi connectivity index (χ4v) is 2.20. The molecule has 0 bridgehead atoms. The molecule has 2 N–H and O–H groups in total. The highest BCUT2D eigenvalue weighted by molar-refractivity contribution is 6.00. The largest absolute Gasteiger partial charge is 0.475 e. The molecule has 0 spiro atoms. The quantitative estimate of drug-likeness (QED) is 0.674. The van der Waals surface area contributed by atoms with Crippen molar-refractivity contribution < 1.29 is 14.3 Å². The summed E-state index contributed by atoms with van der Waals surface area (Å²) in [5, 5.41) is 6.42. The molecule has 128 valence electrons. The van der Waals surface area contributed by atoms with E-state index in [0.29, 0.717) is 30.5 Å². The van der Waals surface area contributed by atoms with Gasteiger partial charge < -0.3 is 20.1 Å². The minimum atomic E-state index is -0.369. The molecule has 0 aliphatic heterocycles. The van der Waals surface area contributed by atoms with Crippen molar-refractivity contribution in [2.45, 2.75) is 0 Å². The van der Waals surface area contributed by atoms with Crippen LogP contribution in [0.2, 0.25) is 0 Å². The number of para-hydroxylation sites is 1. The van der Waals surface area contributed by atoms with Gasteiger partial charge in [0.05, 0.1) is 35.9 Å². The van der Waals surface area contributed by atoms with Crippen molar-refractivity contribution in [2.75, 3.05) is 31.0 Å². The third-order valence-corrected chi connectivity index (χ3v) is 3.38. The molecule has 0 saturated heterocycles. The van der Waals surface area contributed by atoms with Crippen LogP contribution in [0.1, 0.15) is 0 Å². The van der Waals surface area contributed by atoms with Crippen molar-refractivity contribution in [2.24, 2.45) is 0 Å². The zero-order chi connectivity index (χ0) is 17.5. The van der Waals surface area contributed by atoms with Crippen LogP contribution in [0, 0.1) is 0 Å². The summed E-state index contributed by atoms with van der Waals surface area (Å²) < 4.78 is 10.3. The lowest BCUT2D eigenvalue weighted by molar-refractivity contribution is 0.144. The Morgan fingerprint density at radius 2 is 1.80 bits per heavy atom. The highest BCUT2D eigenvalue weighted by Gasteiger charge is 2.05. The molecule has 7 heteroatoms. The van der Waals surface area contributed by atoms with Crippen LogP contribution in [0.5, 0.6) is 5.88 Å². The number of ether oxygens (including phenoxy) is 2. The monoisotopic (exact) mass is 338 g/mol. The van der Waals surface area contributed by atoms with E-state index >= 15 is 0 Å². The van der Waals surface area contributed by atoms with Crippen LogP contribution in [-0.2, 0) is 4.74 Å². The van der Waals surface area contributed by atoms with Gasteiger partial charge in [-0.05, 0) is 18.2 Å². The molecular formula is C18H18N4O3. The molecular weight excluding hydrogens is 320 g/mol. The number of nitrogens with one attached hydrogen (secondary N) is 2. The molecule has 0 atom stereocenters. The van der Waals surface area contributed by atoms with Crippen molar-refractivity contribution >= 4 is 28.3 Å². The number of carbonyl (C=O) groups is 1. The number of methoxy groups -OCH3 is 1. The fourth-order valence-electron chi connectivity index (χ4n) is 2.20. The van der Waals surface area contributed by atoms with Crippen LogP contribution in [-0.4, -0.2) is 36.3 Å². The van der Waals surface area contributed by atoms with Gasteiger partial charge in [0.15, 0.2) is 0 Å². The van der Waals surface area contributed by atoms with Gasteiger partial charge in [-0.1, -0.05) is 18.2 Å². The van der Waals surface area contributed by atoms with E-state index in [0.717, 1.165) is 10.9 Å². The summed E-state index contributed by atoms with van der Waals surface area (Å²) >= 11 is 0. The number of amides is 2. The molecule has 0 fully saturated rings. The smallest absolute Gasteiger partial charge is 0.323 e. The van der Waals surface area contributed by atoms with E-state index in [-0.39, 0.29) is 6.03 Å². The lowest BCUT2D eigenvalue weighted by Crippen LogP contribution is -2.19. The van der Waals surface area contributed by atoms with E-state index in [4.69, 9.17) is 9.47 Å². The second-order valence-electron chi connectivity index (χ2n) is 5.22. The number of rotatable bonds is 6. The third-order valence-electron chi connectivity index (χ3n) is 3.38. The van der Waals surface area contributed by atoms with Gasteiger partial charge in [-0.2, -0.15) is 0 Å². The Morgan fingerprint density at radius 1 is 1.00 bits per heavy atom. The fraction of sp³-hybridized carbons (Fsp3) is 0.167. The Kier molecular flexibility index (Phi) is 5.38. The highest BCUT2D eigenvalue weighted by Crippen LogP contribution is 2.17. The summed E-state index contributed by atoms with van der Waals surface area (Å²) in [6, 6.07) is 12.6. The molecule has 2 heterocycles.